The summed E-state index contributed by atoms with van der Waals surface area (Å²) in [6, 6.07) is 4.08. The molecule has 0 aliphatic rings. The van der Waals surface area contributed by atoms with E-state index in [0.29, 0.717) is 0 Å². The zero-order valence-corrected chi connectivity index (χ0v) is 7.02. The summed E-state index contributed by atoms with van der Waals surface area (Å²) in [7, 11) is 0. The van der Waals surface area contributed by atoms with Crippen molar-refractivity contribution in [2.45, 2.75) is 6.61 Å². The van der Waals surface area contributed by atoms with E-state index in [-0.39, 0.29) is 16.5 Å². The number of para-hydroxylation sites is 1. The lowest BCUT2D eigenvalue weighted by molar-refractivity contribution is -0.0492. The van der Waals surface area contributed by atoms with Crippen LogP contribution in [0.15, 0.2) is 18.2 Å². The van der Waals surface area contributed by atoms with Gasteiger partial charge in [0.15, 0.2) is 5.75 Å². The molecule has 0 spiro atoms. The van der Waals surface area contributed by atoms with Gasteiger partial charge in [-0.2, -0.15) is 8.78 Å². The number of ether oxygens (including phenoxy) is 1. The molecule has 0 amide bonds. The number of alkyl halides is 2. The molecule has 0 fully saturated rings. The highest BCUT2D eigenvalue weighted by atomic mass is 35.5. The van der Waals surface area contributed by atoms with Gasteiger partial charge in [-0.25, -0.2) is 0 Å². The molecule has 0 aliphatic carbocycles. The first-order valence-corrected chi connectivity index (χ1v) is 3.64. The van der Waals surface area contributed by atoms with Crippen molar-refractivity contribution in [1.82, 2.24) is 0 Å². The Kier molecular flexibility index (Phi) is 3.27. The second kappa shape index (κ2) is 4.25. The van der Waals surface area contributed by atoms with E-state index in [1.807, 2.05) is 0 Å². The molecule has 3 nitrogen and oxygen atoms in total. The van der Waals surface area contributed by atoms with Crippen molar-refractivity contribution in [1.29, 1.82) is 0 Å². The molecule has 0 saturated carbocycles. The summed E-state index contributed by atoms with van der Waals surface area (Å²) < 4.78 is 27.7. The quantitative estimate of drug-likeness (QED) is 0.777. The zero-order valence-electron chi connectivity index (χ0n) is 6.26. The van der Waals surface area contributed by atoms with Crippen LogP contribution in [0.4, 0.5) is 14.5 Å². The highest BCUT2D eigenvalue weighted by Gasteiger charge is 2.11. The second-order valence-electron chi connectivity index (χ2n) is 2.10. The van der Waals surface area contributed by atoms with Gasteiger partial charge in [0.2, 0.25) is 0 Å². The van der Waals surface area contributed by atoms with Gasteiger partial charge >= 0.3 is 6.61 Å². The minimum Gasteiger partial charge on any atom is -0.761 e. The Bertz CT molecular complexity index is 296. The fourth-order valence-electron chi connectivity index (χ4n) is 0.798. The first-order valence-electron chi connectivity index (χ1n) is 3.26. The Morgan fingerprint density at radius 2 is 2.15 bits per heavy atom. The Labute approximate surface area is 77.8 Å². The third-order valence-electron chi connectivity index (χ3n) is 1.28. The third-order valence-corrected chi connectivity index (χ3v) is 1.58. The summed E-state index contributed by atoms with van der Waals surface area (Å²) in [6.45, 7) is -3.01. The van der Waals surface area contributed by atoms with Crippen molar-refractivity contribution in [2.75, 3.05) is 5.48 Å². The summed E-state index contributed by atoms with van der Waals surface area (Å²) in [4.78, 5) is 0. The summed E-state index contributed by atoms with van der Waals surface area (Å²) in [5.74, 6) is -0.339. The first-order chi connectivity index (χ1) is 6.15. The maximum atomic E-state index is 11.8. The van der Waals surface area contributed by atoms with Gasteiger partial charge in [-0.1, -0.05) is 17.7 Å². The van der Waals surface area contributed by atoms with Gasteiger partial charge in [-0.15, -0.1) is 0 Å². The predicted octanol–water partition coefficient (Wildman–Crippen LogP) is 2.85. The maximum Gasteiger partial charge on any atom is 0.387 e. The molecule has 72 valence electrons. The van der Waals surface area contributed by atoms with Crippen LogP contribution in [0.2, 0.25) is 5.02 Å². The van der Waals surface area contributed by atoms with E-state index in [4.69, 9.17) is 11.6 Å². The van der Waals surface area contributed by atoms with Crippen LogP contribution in [0, 0.1) is 5.21 Å². The number of anilines is 1. The molecule has 6 heteroatoms. The molecule has 0 heterocycles. The minimum absolute atomic E-state index is 0.0406. The molecule has 0 aliphatic heterocycles. The van der Waals surface area contributed by atoms with Crippen LogP contribution in [0.3, 0.4) is 0 Å². The first kappa shape index (κ1) is 10.0. The van der Waals surface area contributed by atoms with E-state index in [1.54, 1.807) is 0 Å². The number of nitrogens with one attached hydrogen (secondary N) is 1. The lowest BCUT2D eigenvalue weighted by Crippen LogP contribution is -2.04. The lowest BCUT2D eigenvalue weighted by atomic mass is 10.3. The molecule has 1 aromatic rings. The van der Waals surface area contributed by atoms with Crippen LogP contribution in [0.25, 0.3) is 0 Å². The van der Waals surface area contributed by atoms with Crippen molar-refractivity contribution in [3.63, 3.8) is 0 Å². The van der Waals surface area contributed by atoms with Gasteiger partial charge in [0.1, 0.15) is 0 Å². The molecule has 1 N–H and O–H groups in total. The molecule has 1 aromatic carbocycles. The van der Waals surface area contributed by atoms with Crippen molar-refractivity contribution in [3.8, 4) is 5.75 Å². The van der Waals surface area contributed by atoms with E-state index in [1.165, 1.54) is 23.7 Å². The van der Waals surface area contributed by atoms with Crippen LogP contribution in [0.1, 0.15) is 0 Å². The van der Waals surface area contributed by atoms with Crippen LogP contribution in [0.5, 0.6) is 5.75 Å². The van der Waals surface area contributed by atoms with Gasteiger partial charge in [0.25, 0.3) is 0 Å². The zero-order chi connectivity index (χ0) is 9.84. The van der Waals surface area contributed by atoms with Crippen LogP contribution >= 0.6 is 11.6 Å². The molecule has 0 aromatic heterocycles. The second-order valence-corrected chi connectivity index (χ2v) is 2.50. The average Bonchev–Trinajstić information content (AvgIpc) is 2.08. The molecule has 0 radical (unpaired) electrons. The predicted molar refractivity (Wildman–Crippen MR) is 45.1 cm³/mol. The average molecular weight is 209 g/mol. The monoisotopic (exact) mass is 208 g/mol. The van der Waals surface area contributed by atoms with E-state index in [9.17, 15) is 14.0 Å². The van der Waals surface area contributed by atoms with E-state index < -0.39 is 6.61 Å². The Morgan fingerprint density at radius 3 is 2.69 bits per heavy atom. The molecule has 1 rings (SSSR count). The summed E-state index contributed by atoms with van der Waals surface area (Å²) in [5, 5.41) is 10.2. The number of hydrogen-bond donors (Lipinski definition) is 1. The SMILES string of the molecule is [O-]Nc1cccc(Cl)c1OC(F)F. The van der Waals surface area contributed by atoms with Gasteiger partial charge in [-0.3, -0.25) is 0 Å². The Balaban J connectivity index is 3.00. The van der Waals surface area contributed by atoms with Gasteiger partial charge in [-0.05, 0) is 12.1 Å². The van der Waals surface area contributed by atoms with Gasteiger partial charge in [0.05, 0.1) is 10.7 Å². The third kappa shape index (κ3) is 2.43. The highest BCUT2D eigenvalue weighted by Crippen LogP contribution is 2.33. The fourth-order valence-corrected chi connectivity index (χ4v) is 1.02. The number of hydrogen-bond acceptors (Lipinski definition) is 3. The molecule has 0 atom stereocenters. The topological polar surface area (TPSA) is 44.3 Å². The minimum atomic E-state index is -3.01. The van der Waals surface area contributed by atoms with E-state index in [0.717, 1.165) is 0 Å². The summed E-state index contributed by atoms with van der Waals surface area (Å²) in [5.41, 5.74) is 1.33. The van der Waals surface area contributed by atoms with Gasteiger partial charge in [0, 0.05) is 0 Å². The molecule has 13 heavy (non-hydrogen) atoms. The highest BCUT2D eigenvalue weighted by molar-refractivity contribution is 6.32. The van der Waals surface area contributed by atoms with Crippen LogP contribution in [-0.4, -0.2) is 6.61 Å². The number of benzene rings is 1. The van der Waals surface area contributed by atoms with Crippen LogP contribution in [-0.2, 0) is 0 Å². The number of rotatable bonds is 3. The fraction of sp³-hybridized carbons (Fsp3) is 0.143. The molecule has 0 bridgehead atoms. The van der Waals surface area contributed by atoms with Gasteiger partial charge < -0.3 is 15.4 Å². The van der Waals surface area contributed by atoms with Crippen molar-refractivity contribution in [3.05, 3.63) is 28.4 Å². The standard InChI is InChI=1S/C7H5ClF2NO2/c8-4-2-1-3-5(11-12)6(4)13-7(9)10/h1-3,7,11H/q-1. The summed E-state index contributed by atoms with van der Waals surface area (Å²) in [6.07, 6.45) is 0. The lowest BCUT2D eigenvalue weighted by Gasteiger charge is -2.15. The summed E-state index contributed by atoms with van der Waals surface area (Å²) >= 11 is 5.52. The Hall–Kier alpha value is -1.07. The molecule has 0 saturated heterocycles. The normalized spacial score (nSPS) is 10.2. The van der Waals surface area contributed by atoms with E-state index in [2.05, 4.69) is 4.74 Å². The van der Waals surface area contributed by atoms with Crippen molar-refractivity contribution < 1.29 is 13.5 Å². The molecular formula is C7H5ClF2NO2-. The van der Waals surface area contributed by atoms with Crippen molar-refractivity contribution in [2.24, 2.45) is 0 Å². The Morgan fingerprint density at radius 1 is 1.46 bits per heavy atom. The molecular weight excluding hydrogens is 204 g/mol. The smallest absolute Gasteiger partial charge is 0.387 e. The van der Waals surface area contributed by atoms with Crippen molar-refractivity contribution >= 4 is 17.3 Å². The number of halogens is 3. The largest absolute Gasteiger partial charge is 0.761 e. The molecule has 0 unspecified atom stereocenters. The maximum absolute atomic E-state index is 11.8. The van der Waals surface area contributed by atoms with E-state index >= 15 is 0 Å². The van der Waals surface area contributed by atoms with Crippen LogP contribution < -0.4 is 10.2 Å².